The number of tetrazole rings is 1. The molecule has 2 aromatic heterocycles. The number of nitrogens with zero attached hydrogens (tertiary/aromatic N) is 7. The van der Waals surface area contributed by atoms with Crippen LogP contribution in [0.25, 0.3) is 5.69 Å². The van der Waals surface area contributed by atoms with Crippen molar-refractivity contribution >= 4 is 17.5 Å². The number of nitrogens with one attached hydrogen (secondary N) is 1. The first-order valence-corrected chi connectivity index (χ1v) is 6.70. The van der Waals surface area contributed by atoms with Crippen LogP contribution in [0.4, 0.5) is 0 Å². The lowest BCUT2D eigenvalue weighted by molar-refractivity contribution is 0.0939. The van der Waals surface area contributed by atoms with E-state index in [1.807, 2.05) is 30.3 Å². The van der Waals surface area contributed by atoms with Crippen molar-refractivity contribution in [3.8, 4) is 5.69 Å². The average Bonchev–Trinajstić information content (AvgIpc) is 3.13. The maximum absolute atomic E-state index is 12.0. The van der Waals surface area contributed by atoms with Gasteiger partial charge < -0.3 is 5.32 Å². The van der Waals surface area contributed by atoms with Crippen LogP contribution in [0, 0.1) is 0 Å². The molecule has 1 N–H and O–H groups in total. The van der Waals surface area contributed by atoms with Crippen molar-refractivity contribution in [1.82, 2.24) is 40.3 Å². The van der Waals surface area contributed by atoms with Crippen molar-refractivity contribution in [3.05, 3.63) is 47.3 Å². The SMILES string of the molecule is Cn1nc(C(=O)NCc2nnnn2-c2ccccc2)nc1Cl. The fourth-order valence-corrected chi connectivity index (χ4v) is 1.90. The number of carbonyl (C=O) groups is 1. The smallest absolute Gasteiger partial charge is 0.291 e. The van der Waals surface area contributed by atoms with E-state index in [9.17, 15) is 4.79 Å². The Morgan fingerprint density at radius 1 is 1.32 bits per heavy atom. The Balaban J connectivity index is 1.72. The van der Waals surface area contributed by atoms with Crippen LogP contribution >= 0.6 is 11.6 Å². The molecule has 0 atom stereocenters. The zero-order valence-electron chi connectivity index (χ0n) is 11.5. The first-order valence-electron chi connectivity index (χ1n) is 6.32. The van der Waals surface area contributed by atoms with Gasteiger partial charge in [0.1, 0.15) is 0 Å². The van der Waals surface area contributed by atoms with E-state index in [4.69, 9.17) is 11.6 Å². The zero-order valence-corrected chi connectivity index (χ0v) is 12.3. The second-order valence-corrected chi connectivity index (χ2v) is 4.69. The summed E-state index contributed by atoms with van der Waals surface area (Å²) in [5.74, 6) is 0.0259. The monoisotopic (exact) mass is 318 g/mol. The van der Waals surface area contributed by atoms with Crippen molar-refractivity contribution in [2.75, 3.05) is 0 Å². The predicted molar refractivity (Wildman–Crippen MR) is 76.3 cm³/mol. The first kappa shape index (κ1) is 14.1. The van der Waals surface area contributed by atoms with Gasteiger partial charge in [0.25, 0.3) is 5.91 Å². The van der Waals surface area contributed by atoms with E-state index < -0.39 is 5.91 Å². The summed E-state index contributed by atoms with van der Waals surface area (Å²) < 4.78 is 2.85. The number of carbonyl (C=O) groups excluding carboxylic acids is 1. The molecule has 0 unspecified atom stereocenters. The summed E-state index contributed by atoms with van der Waals surface area (Å²) in [6.07, 6.45) is 0. The van der Waals surface area contributed by atoms with E-state index in [0.29, 0.717) is 5.82 Å². The van der Waals surface area contributed by atoms with Crippen LogP contribution in [-0.2, 0) is 13.6 Å². The zero-order chi connectivity index (χ0) is 15.5. The lowest BCUT2D eigenvalue weighted by Crippen LogP contribution is -2.26. The molecule has 112 valence electrons. The van der Waals surface area contributed by atoms with Crippen LogP contribution in [0.3, 0.4) is 0 Å². The van der Waals surface area contributed by atoms with Crippen molar-refractivity contribution in [2.24, 2.45) is 7.05 Å². The Morgan fingerprint density at radius 3 is 2.77 bits per heavy atom. The third kappa shape index (κ3) is 2.79. The lowest BCUT2D eigenvalue weighted by atomic mass is 10.3. The number of rotatable bonds is 4. The van der Waals surface area contributed by atoms with Gasteiger partial charge in [0.15, 0.2) is 5.82 Å². The van der Waals surface area contributed by atoms with Crippen LogP contribution in [0.15, 0.2) is 30.3 Å². The van der Waals surface area contributed by atoms with Gasteiger partial charge in [-0.05, 0) is 34.2 Å². The Hall–Kier alpha value is -2.81. The van der Waals surface area contributed by atoms with E-state index in [2.05, 4.69) is 30.9 Å². The summed E-state index contributed by atoms with van der Waals surface area (Å²) >= 11 is 5.75. The topological polar surface area (TPSA) is 103 Å². The Bertz CT molecular complexity index is 777. The van der Waals surface area contributed by atoms with Crippen molar-refractivity contribution < 1.29 is 4.79 Å². The van der Waals surface area contributed by atoms with Crippen molar-refractivity contribution in [1.29, 1.82) is 0 Å². The molecule has 0 bridgehead atoms. The number of hydrogen-bond acceptors (Lipinski definition) is 6. The largest absolute Gasteiger partial charge is 0.342 e. The number of aromatic nitrogens is 7. The molecule has 1 aromatic carbocycles. The highest BCUT2D eigenvalue weighted by molar-refractivity contribution is 6.28. The summed E-state index contributed by atoms with van der Waals surface area (Å²) in [6, 6.07) is 9.37. The molecule has 10 heteroatoms. The molecule has 1 amide bonds. The van der Waals surface area contributed by atoms with Gasteiger partial charge >= 0.3 is 0 Å². The minimum atomic E-state index is -0.454. The second kappa shape index (κ2) is 5.90. The second-order valence-electron chi connectivity index (χ2n) is 4.35. The predicted octanol–water partition coefficient (Wildman–Crippen LogP) is 0.374. The highest BCUT2D eigenvalue weighted by atomic mass is 35.5. The minimum absolute atomic E-state index is 0.00812. The molecule has 0 saturated heterocycles. The number of amides is 1. The number of halogens is 1. The van der Waals surface area contributed by atoms with Gasteiger partial charge in [-0.15, -0.1) is 10.2 Å². The molecule has 0 fully saturated rings. The Morgan fingerprint density at radius 2 is 2.09 bits per heavy atom. The molecule has 3 aromatic rings. The third-order valence-corrected chi connectivity index (χ3v) is 3.18. The number of aryl methyl sites for hydroxylation is 1. The van der Waals surface area contributed by atoms with Crippen LogP contribution in [0.5, 0.6) is 0 Å². The normalized spacial score (nSPS) is 10.6. The molecule has 22 heavy (non-hydrogen) atoms. The van der Waals surface area contributed by atoms with Gasteiger partial charge in [-0.3, -0.25) is 4.79 Å². The van der Waals surface area contributed by atoms with E-state index in [1.165, 1.54) is 4.68 Å². The maximum Gasteiger partial charge on any atom is 0.291 e. The van der Waals surface area contributed by atoms with E-state index in [0.717, 1.165) is 5.69 Å². The highest BCUT2D eigenvalue weighted by Gasteiger charge is 2.15. The third-order valence-electron chi connectivity index (χ3n) is 2.85. The molecule has 0 spiro atoms. The molecule has 0 saturated carbocycles. The molecule has 9 nitrogen and oxygen atoms in total. The van der Waals surface area contributed by atoms with Gasteiger partial charge in [0.05, 0.1) is 12.2 Å². The highest BCUT2D eigenvalue weighted by Crippen LogP contribution is 2.07. The summed E-state index contributed by atoms with van der Waals surface area (Å²) in [6.45, 7) is 0.136. The molecule has 0 aliphatic heterocycles. The molecular weight excluding hydrogens is 308 g/mol. The van der Waals surface area contributed by atoms with E-state index in [1.54, 1.807) is 11.7 Å². The summed E-state index contributed by atoms with van der Waals surface area (Å²) in [5.41, 5.74) is 0.802. The molecule has 0 radical (unpaired) electrons. The molecule has 3 rings (SSSR count). The standard InChI is InChI=1S/C12H11ClN8O/c1-20-12(13)15-10(17-20)11(22)14-7-9-16-18-19-21(9)8-5-3-2-4-6-8/h2-6H,7H2,1H3,(H,14,22). The fraction of sp³-hybridized carbons (Fsp3) is 0.167. The van der Waals surface area contributed by atoms with Gasteiger partial charge in [-0.25, -0.2) is 4.68 Å². The van der Waals surface area contributed by atoms with E-state index in [-0.39, 0.29) is 17.7 Å². The summed E-state index contributed by atoms with van der Waals surface area (Å²) in [4.78, 5) is 15.8. The minimum Gasteiger partial charge on any atom is -0.342 e. The van der Waals surface area contributed by atoms with Crippen LogP contribution < -0.4 is 5.32 Å². The molecule has 0 aliphatic carbocycles. The van der Waals surface area contributed by atoms with Gasteiger partial charge in [-0.1, -0.05) is 18.2 Å². The van der Waals surface area contributed by atoms with Gasteiger partial charge in [-0.2, -0.15) is 9.67 Å². The molecular formula is C12H11ClN8O. The van der Waals surface area contributed by atoms with Crippen LogP contribution in [0.2, 0.25) is 5.28 Å². The lowest BCUT2D eigenvalue weighted by Gasteiger charge is -2.04. The first-order chi connectivity index (χ1) is 10.6. The molecule has 2 heterocycles. The van der Waals surface area contributed by atoms with Crippen molar-refractivity contribution in [3.63, 3.8) is 0 Å². The van der Waals surface area contributed by atoms with Crippen LogP contribution in [0.1, 0.15) is 16.4 Å². The summed E-state index contributed by atoms with van der Waals surface area (Å²) in [7, 11) is 1.60. The maximum atomic E-state index is 12.0. The summed E-state index contributed by atoms with van der Waals surface area (Å²) in [5, 5.41) is 18.1. The Kier molecular flexibility index (Phi) is 3.79. The number of para-hydroxylation sites is 1. The van der Waals surface area contributed by atoms with Crippen molar-refractivity contribution in [2.45, 2.75) is 6.54 Å². The van der Waals surface area contributed by atoms with Gasteiger partial charge in [0.2, 0.25) is 11.1 Å². The number of benzene rings is 1. The average molecular weight is 319 g/mol. The quantitative estimate of drug-likeness (QED) is 0.745. The van der Waals surface area contributed by atoms with E-state index >= 15 is 0 Å². The van der Waals surface area contributed by atoms with Gasteiger partial charge in [0, 0.05) is 7.05 Å². The number of hydrogen-bond donors (Lipinski definition) is 1. The van der Waals surface area contributed by atoms with Crippen LogP contribution in [-0.4, -0.2) is 40.9 Å². The fourth-order valence-electron chi connectivity index (χ4n) is 1.79. The molecule has 0 aliphatic rings. The Labute approximate surface area is 129 Å².